The standard InChI is InChI=1S/C9H5BrClN.C9H7BrNO.CH4.Cl3OP/c10-7-3-1-2-6-4-5-12-9(11)8(6)7;10-9-3-1-2-7-4-5-11(12)6-8(7)9;;1-5(2,3)4/h1-5H;1-6,12H;1H4;/q;+1;;. The molecule has 1 N–H and O–H groups in total. The predicted molar refractivity (Wildman–Crippen MR) is 135 cm³/mol. The van der Waals surface area contributed by atoms with Crippen molar-refractivity contribution in [1.82, 2.24) is 4.98 Å². The van der Waals surface area contributed by atoms with Crippen LogP contribution in [-0.2, 0) is 4.57 Å². The van der Waals surface area contributed by atoms with Gasteiger partial charge in [0.2, 0.25) is 12.4 Å². The van der Waals surface area contributed by atoms with E-state index >= 15 is 0 Å². The molecule has 0 atom stereocenters. The summed E-state index contributed by atoms with van der Waals surface area (Å²) in [7, 11) is 0. The van der Waals surface area contributed by atoms with Gasteiger partial charge in [-0.05, 0) is 78.6 Å². The highest BCUT2D eigenvalue weighted by Crippen LogP contribution is 2.61. The molecule has 11 heteroatoms. The lowest BCUT2D eigenvalue weighted by molar-refractivity contribution is -0.904. The van der Waals surface area contributed by atoms with Crippen molar-refractivity contribution < 1.29 is 14.5 Å². The van der Waals surface area contributed by atoms with Gasteiger partial charge in [-0.15, -0.1) is 0 Å². The number of hydrogen-bond acceptors (Lipinski definition) is 3. The van der Waals surface area contributed by atoms with E-state index in [1.807, 2.05) is 48.5 Å². The van der Waals surface area contributed by atoms with E-state index in [4.69, 9.17) is 16.8 Å². The summed E-state index contributed by atoms with van der Waals surface area (Å²) in [5.41, 5.74) is 0. The molecule has 4 aromatic rings. The third kappa shape index (κ3) is 8.88. The Morgan fingerprint density at radius 1 is 0.933 bits per heavy atom. The maximum Gasteiger partial charge on any atom is 0.339 e. The van der Waals surface area contributed by atoms with Crippen LogP contribution in [-0.4, -0.2) is 10.2 Å². The first-order valence-electron chi connectivity index (χ1n) is 7.73. The zero-order valence-corrected chi connectivity index (χ0v) is 21.4. The minimum atomic E-state index is -3.22. The molecule has 160 valence electrons. The topological polar surface area (TPSA) is 54.1 Å². The van der Waals surface area contributed by atoms with E-state index < -0.39 is 5.20 Å². The average molecular weight is 637 g/mol. The van der Waals surface area contributed by atoms with E-state index in [0.717, 1.165) is 35.2 Å². The number of halogens is 6. The predicted octanol–water partition coefficient (Wildman–Crippen LogP) is 9.22. The van der Waals surface area contributed by atoms with Gasteiger partial charge in [-0.3, -0.25) is 9.77 Å². The van der Waals surface area contributed by atoms with Crippen molar-refractivity contribution in [1.29, 1.82) is 0 Å². The minimum absolute atomic E-state index is 0. The van der Waals surface area contributed by atoms with Crippen molar-refractivity contribution in [3.05, 3.63) is 81.2 Å². The second-order valence-corrected chi connectivity index (χ2v) is 14.1. The second kappa shape index (κ2) is 12.4. The van der Waals surface area contributed by atoms with Gasteiger partial charge in [0.25, 0.3) is 0 Å². The molecule has 0 amide bonds. The van der Waals surface area contributed by atoms with Crippen LogP contribution in [0.3, 0.4) is 0 Å². The Hall–Kier alpha value is -0.590. The first-order chi connectivity index (χ1) is 13.6. The molecule has 0 radical (unpaired) electrons. The quantitative estimate of drug-likeness (QED) is 0.0906. The number of benzene rings is 2. The fraction of sp³-hybridized carbons (Fsp3) is 0.0526. The zero-order valence-electron chi connectivity index (χ0n) is 14.3. The van der Waals surface area contributed by atoms with E-state index in [0.29, 0.717) is 5.15 Å². The average Bonchev–Trinajstić information content (AvgIpc) is 2.62. The van der Waals surface area contributed by atoms with Gasteiger partial charge >= 0.3 is 5.20 Å². The molecule has 4 rings (SSSR count). The van der Waals surface area contributed by atoms with E-state index in [1.165, 1.54) is 0 Å². The Balaban J connectivity index is 0.000000241. The van der Waals surface area contributed by atoms with Crippen LogP contribution in [0, 0.1) is 0 Å². The molecule has 0 aliphatic carbocycles. The Morgan fingerprint density at radius 3 is 2.10 bits per heavy atom. The van der Waals surface area contributed by atoms with Gasteiger partial charge < -0.3 is 0 Å². The molecule has 0 unspecified atom stereocenters. The van der Waals surface area contributed by atoms with E-state index in [1.54, 1.807) is 18.6 Å². The van der Waals surface area contributed by atoms with Gasteiger partial charge in [-0.2, -0.15) is 0 Å². The lowest BCUT2D eigenvalue weighted by atomic mass is 10.2. The van der Waals surface area contributed by atoms with Gasteiger partial charge in [0.15, 0.2) is 0 Å². The highest BCUT2D eigenvalue weighted by atomic mass is 79.9. The number of hydrogen-bond donors (Lipinski definition) is 1. The highest BCUT2D eigenvalue weighted by Gasteiger charge is 2.04. The Labute approximate surface area is 210 Å². The third-order valence-electron chi connectivity index (χ3n) is 3.45. The zero-order chi connectivity index (χ0) is 21.6. The molecule has 0 bridgehead atoms. The number of nitrogens with zero attached hydrogens (tertiary/aromatic N) is 2. The minimum Gasteiger partial charge on any atom is -0.285 e. The van der Waals surface area contributed by atoms with Crippen LogP contribution in [0.15, 0.2) is 76.1 Å². The number of fused-ring (bicyclic) bond motifs is 2. The molecule has 0 aliphatic rings. The van der Waals surface area contributed by atoms with Crippen molar-refractivity contribution in [3.8, 4) is 0 Å². The summed E-state index contributed by atoms with van der Waals surface area (Å²) >= 11 is 26.6. The summed E-state index contributed by atoms with van der Waals surface area (Å²) in [6.45, 7) is 0. The summed E-state index contributed by atoms with van der Waals surface area (Å²) in [5, 5.41) is 10.7. The molecule has 4 nitrogen and oxygen atoms in total. The molecule has 2 aromatic heterocycles. The Morgan fingerprint density at radius 2 is 1.50 bits per heavy atom. The van der Waals surface area contributed by atoms with Crippen molar-refractivity contribution in [2.45, 2.75) is 7.43 Å². The molecule has 0 spiro atoms. The summed E-state index contributed by atoms with van der Waals surface area (Å²) < 4.78 is 12.5. The van der Waals surface area contributed by atoms with Gasteiger partial charge in [0, 0.05) is 31.3 Å². The van der Waals surface area contributed by atoms with Crippen molar-refractivity contribution >= 4 is 104 Å². The van der Waals surface area contributed by atoms with Crippen LogP contribution in [0.1, 0.15) is 7.43 Å². The largest absolute Gasteiger partial charge is 0.339 e. The Bertz CT molecular complexity index is 1150. The van der Waals surface area contributed by atoms with Gasteiger partial charge in [0.05, 0.1) is 5.39 Å². The fourth-order valence-electron chi connectivity index (χ4n) is 2.31. The molecule has 0 saturated heterocycles. The molecular weight excluding hydrogens is 621 g/mol. The maximum absolute atomic E-state index is 9.51. The van der Waals surface area contributed by atoms with Crippen LogP contribution in [0.4, 0.5) is 0 Å². The number of aromatic nitrogens is 2. The molecule has 30 heavy (non-hydrogen) atoms. The van der Waals surface area contributed by atoms with E-state index in [-0.39, 0.29) is 7.43 Å². The smallest absolute Gasteiger partial charge is 0.285 e. The normalized spacial score (nSPS) is 10.3. The molecule has 0 aliphatic heterocycles. The maximum atomic E-state index is 9.51. The molecular formula is C19H16Br2Cl4N2O2P+. The first kappa shape index (κ1) is 27.4. The van der Waals surface area contributed by atoms with Crippen LogP contribution in [0.2, 0.25) is 5.15 Å². The van der Waals surface area contributed by atoms with Crippen LogP contribution in [0.5, 0.6) is 0 Å². The second-order valence-electron chi connectivity index (χ2n) is 5.41. The molecule has 0 fully saturated rings. The summed E-state index contributed by atoms with van der Waals surface area (Å²) in [6.07, 6.45) is 4.98. The summed E-state index contributed by atoms with van der Waals surface area (Å²) in [4.78, 5) is 4.00. The highest BCUT2D eigenvalue weighted by molar-refractivity contribution is 9.11. The van der Waals surface area contributed by atoms with Gasteiger partial charge in [-0.1, -0.05) is 59.2 Å². The SMILES string of the molecule is C.Clc1nccc2cccc(Br)c12.O=P(Cl)(Cl)Cl.O[n+]1ccc2cccc(Br)c2c1. The fourth-order valence-corrected chi connectivity index (χ4v) is 3.75. The summed E-state index contributed by atoms with van der Waals surface area (Å²) in [5.74, 6) is 0. The lowest BCUT2D eigenvalue weighted by Crippen LogP contribution is -2.27. The van der Waals surface area contributed by atoms with E-state index in [9.17, 15) is 4.57 Å². The molecule has 0 saturated carbocycles. The Kier molecular flexibility index (Phi) is 11.4. The summed E-state index contributed by atoms with van der Waals surface area (Å²) in [6, 6.07) is 15.6. The first-order valence-corrected chi connectivity index (χ1v) is 14.1. The molecule has 2 heterocycles. The van der Waals surface area contributed by atoms with Gasteiger partial charge in [-0.25, -0.2) is 4.98 Å². The van der Waals surface area contributed by atoms with Crippen molar-refractivity contribution in [2.75, 3.05) is 0 Å². The van der Waals surface area contributed by atoms with Gasteiger partial charge in [0.1, 0.15) is 5.15 Å². The number of pyridine rings is 2. The number of rotatable bonds is 0. The van der Waals surface area contributed by atoms with Crippen molar-refractivity contribution in [2.24, 2.45) is 0 Å². The van der Waals surface area contributed by atoms with Crippen LogP contribution >= 0.6 is 82.4 Å². The van der Waals surface area contributed by atoms with E-state index in [2.05, 4.69) is 70.6 Å². The molecule has 2 aromatic carbocycles. The lowest BCUT2D eigenvalue weighted by Gasteiger charge is -2.00. The van der Waals surface area contributed by atoms with Crippen molar-refractivity contribution in [3.63, 3.8) is 0 Å². The van der Waals surface area contributed by atoms with Crippen LogP contribution in [0.25, 0.3) is 21.5 Å². The van der Waals surface area contributed by atoms with Crippen LogP contribution < -0.4 is 4.73 Å². The monoisotopic (exact) mass is 633 g/mol. The third-order valence-corrected chi connectivity index (χ3v) is 5.09.